The van der Waals surface area contributed by atoms with Gasteiger partial charge in [0.25, 0.3) is 5.91 Å². The second-order valence-corrected chi connectivity index (χ2v) is 5.91. The van der Waals surface area contributed by atoms with Gasteiger partial charge in [0.15, 0.2) is 0 Å². The summed E-state index contributed by atoms with van der Waals surface area (Å²) < 4.78 is 16.1. The number of nitrogens with one attached hydrogen (secondary N) is 1. The summed E-state index contributed by atoms with van der Waals surface area (Å²) in [5.74, 6) is -0.893. The number of benzene rings is 1. The summed E-state index contributed by atoms with van der Waals surface area (Å²) in [5, 5.41) is 12.4. The zero-order valence-electron chi connectivity index (χ0n) is 14.3. The number of rotatable bonds is 6. The molecule has 1 amide bonds. The maximum absolute atomic E-state index is 12.7. The first kappa shape index (κ1) is 18.1. The van der Waals surface area contributed by atoms with Crippen LogP contribution in [0.25, 0.3) is 10.9 Å². The molecule has 0 radical (unpaired) electrons. The number of carbonyl (C=O) groups is 2. The number of hydrogen-bond acceptors (Lipinski definition) is 6. The maximum atomic E-state index is 12.7. The van der Waals surface area contributed by atoms with Crippen LogP contribution in [0.2, 0.25) is 0 Å². The fraction of sp³-hybridized carbons (Fsp3) is 0.389. The number of amides is 1. The van der Waals surface area contributed by atoms with Crippen molar-refractivity contribution in [1.82, 2.24) is 10.3 Å². The van der Waals surface area contributed by atoms with Crippen LogP contribution < -0.4 is 10.1 Å². The van der Waals surface area contributed by atoms with Crippen molar-refractivity contribution in [3.63, 3.8) is 0 Å². The molecule has 8 heteroatoms. The first-order valence-corrected chi connectivity index (χ1v) is 8.24. The summed E-state index contributed by atoms with van der Waals surface area (Å²) >= 11 is 0. The number of aromatic nitrogens is 1. The Morgan fingerprint density at radius 1 is 1.38 bits per heavy atom. The fourth-order valence-corrected chi connectivity index (χ4v) is 2.90. The first-order valence-electron chi connectivity index (χ1n) is 8.24. The van der Waals surface area contributed by atoms with Crippen molar-refractivity contribution in [1.29, 1.82) is 0 Å². The van der Waals surface area contributed by atoms with E-state index in [1.165, 1.54) is 7.11 Å². The van der Waals surface area contributed by atoms with Gasteiger partial charge >= 0.3 is 5.97 Å². The third kappa shape index (κ3) is 4.09. The number of carboxylic acids is 1. The van der Waals surface area contributed by atoms with Crippen LogP contribution in [-0.2, 0) is 14.3 Å². The number of pyridine rings is 1. The third-order valence-corrected chi connectivity index (χ3v) is 4.16. The van der Waals surface area contributed by atoms with Gasteiger partial charge in [0.05, 0.1) is 31.4 Å². The largest absolute Gasteiger partial charge is 0.496 e. The number of carbonyl (C=O) groups excluding carboxylic acids is 1. The number of fused-ring (bicyclic) bond motifs is 1. The number of aliphatic carboxylic acids is 1. The van der Waals surface area contributed by atoms with Crippen molar-refractivity contribution in [2.75, 3.05) is 26.9 Å². The monoisotopic (exact) mass is 360 g/mol. The third-order valence-electron chi connectivity index (χ3n) is 4.16. The molecule has 1 fully saturated rings. The van der Waals surface area contributed by atoms with E-state index in [4.69, 9.17) is 19.3 Å². The lowest BCUT2D eigenvalue weighted by molar-refractivity contribution is -0.147. The topological polar surface area (TPSA) is 107 Å². The van der Waals surface area contributed by atoms with Crippen molar-refractivity contribution in [2.45, 2.75) is 18.6 Å². The molecule has 138 valence electrons. The van der Waals surface area contributed by atoms with Crippen LogP contribution in [0, 0.1) is 0 Å². The second kappa shape index (κ2) is 8.11. The highest BCUT2D eigenvalue weighted by Gasteiger charge is 2.29. The molecule has 1 aromatic heterocycles. The molecular weight excluding hydrogens is 340 g/mol. The van der Waals surface area contributed by atoms with Crippen molar-refractivity contribution >= 4 is 22.8 Å². The van der Waals surface area contributed by atoms with E-state index in [1.807, 2.05) is 18.2 Å². The number of methoxy groups -OCH3 is 1. The minimum absolute atomic E-state index is 0.211. The average molecular weight is 360 g/mol. The van der Waals surface area contributed by atoms with E-state index in [2.05, 4.69) is 10.3 Å². The molecule has 0 unspecified atom stereocenters. The Labute approximate surface area is 150 Å². The van der Waals surface area contributed by atoms with Gasteiger partial charge in [-0.05, 0) is 18.6 Å². The quantitative estimate of drug-likeness (QED) is 0.798. The smallest absolute Gasteiger partial charge is 0.329 e. The van der Waals surface area contributed by atoms with E-state index in [9.17, 15) is 9.59 Å². The van der Waals surface area contributed by atoms with Crippen LogP contribution in [0.5, 0.6) is 5.75 Å². The fourth-order valence-electron chi connectivity index (χ4n) is 2.90. The predicted octanol–water partition coefficient (Wildman–Crippen LogP) is 1.23. The van der Waals surface area contributed by atoms with Gasteiger partial charge in [-0.3, -0.25) is 4.79 Å². The summed E-state index contributed by atoms with van der Waals surface area (Å²) in [5.41, 5.74) is 0.860. The molecule has 3 rings (SSSR count). The van der Waals surface area contributed by atoms with Gasteiger partial charge in [0, 0.05) is 18.1 Å². The van der Waals surface area contributed by atoms with Crippen molar-refractivity contribution in [3.8, 4) is 5.75 Å². The molecule has 8 nitrogen and oxygen atoms in total. The molecule has 1 saturated heterocycles. The van der Waals surface area contributed by atoms with Gasteiger partial charge < -0.3 is 24.6 Å². The van der Waals surface area contributed by atoms with Crippen LogP contribution in [0.15, 0.2) is 30.3 Å². The van der Waals surface area contributed by atoms with E-state index in [0.717, 1.165) is 5.39 Å². The average Bonchev–Trinajstić information content (AvgIpc) is 2.66. The zero-order valence-corrected chi connectivity index (χ0v) is 14.3. The van der Waals surface area contributed by atoms with Crippen molar-refractivity contribution in [3.05, 3.63) is 36.0 Å². The van der Waals surface area contributed by atoms with Crippen LogP contribution >= 0.6 is 0 Å². The molecule has 2 aromatic rings. The zero-order chi connectivity index (χ0) is 18.5. The molecule has 2 N–H and O–H groups in total. The molecule has 0 spiro atoms. The van der Waals surface area contributed by atoms with E-state index in [-0.39, 0.29) is 12.3 Å². The van der Waals surface area contributed by atoms with Crippen LogP contribution in [-0.4, -0.2) is 61.0 Å². The lowest BCUT2D eigenvalue weighted by Gasteiger charge is -2.31. The standard InChI is InChI=1S/C18H20N2O6/c1-24-16-8-13(19-12-5-3-2-4-11(12)16)18(23)20-14-9-25-7-6-15(14)26-10-17(21)22/h2-5,8,14-15H,6-7,9-10H2,1H3,(H,20,23)(H,21,22)/t14-,15+/m1/s1. The second-order valence-electron chi connectivity index (χ2n) is 5.91. The summed E-state index contributed by atoms with van der Waals surface area (Å²) in [6.45, 7) is 0.290. The van der Waals surface area contributed by atoms with E-state index < -0.39 is 30.6 Å². The van der Waals surface area contributed by atoms with Gasteiger partial charge in [-0.25, -0.2) is 9.78 Å². The number of nitrogens with zero attached hydrogens (tertiary/aromatic N) is 1. The van der Waals surface area contributed by atoms with Gasteiger partial charge in [-0.15, -0.1) is 0 Å². The highest BCUT2D eigenvalue weighted by Crippen LogP contribution is 2.25. The Morgan fingerprint density at radius 3 is 2.96 bits per heavy atom. The lowest BCUT2D eigenvalue weighted by Crippen LogP contribution is -2.51. The number of para-hydroxylation sites is 1. The molecule has 0 saturated carbocycles. The Hall–Kier alpha value is -2.71. The Morgan fingerprint density at radius 2 is 2.19 bits per heavy atom. The number of ether oxygens (including phenoxy) is 3. The van der Waals surface area contributed by atoms with Gasteiger partial charge in [-0.2, -0.15) is 0 Å². The Balaban J connectivity index is 1.78. The van der Waals surface area contributed by atoms with E-state index >= 15 is 0 Å². The van der Waals surface area contributed by atoms with Gasteiger partial charge in [0.2, 0.25) is 0 Å². The lowest BCUT2D eigenvalue weighted by atomic mass is 10.1. The molecule has 2 heterocycles. The molecule has 2 atom stereocenters. The Bertz CT molecular complexity index is 809. The number of carboxylic acid groups (broad SMARTS) is 1. The molecule has 0 bridgehead atoms. The van der Waals surface area contributed by atoms with Gasteiger partial charge in [0.1, 0.15) is 18.1 Å². The van der Waals surface area contributed by atoms with Crippen LogP contribution in [0.3, 0.4) is 0 Å². The minimum Gasteiger partial charge on any atom is -0.496 e. The van der Waals surface area contributed by atoms with Crippen molar-refractivity contribution < 1.29 is 28.9 Å². The van der Waals surface area contributed by atoms with Crippen LogP contribution in [0.4, 0.5) is 0 Å². The van der Waals surface area contributed by atoms with E-state index in [1.54, 1.807) is 12.1 Å². The van der Waals surface area contributed by atoms with Crippen molar-refractivity contribution in [2.24, 2.45) is 0 Å². The molecular formula is C18H20N2O6. The Kier molecular flexibility index (Phi) is 5.65. The number of hydrogen-bond donors (Lipinski definition) is 2. The summed E-state index contributed by atoms with van der Waals surface area (Å²) in [4.78, 5) is 27.8. The van der Waals surface area contributed by atoms with E-state index in [0.29, 0.717) is 24.3 Å². The highest BCUT2D eigenvalue weighted by molar-refractivity contribution is 5.97. The summed E-state index contributed by atoms with van der Waals surface area (Å²) in [7, 11) is 1.54. The van der Waals surface area contributed by atoms with Gasteiger partial charge in [-0.1, -0.05) is 12.1 Å². The molecule has 1 aromatic carbocycles. The normalized spacial score (nSPS) is 19.9. The van der Waals surface area contributed by atoms with Crippen LogP contribution in [0.1, 0.15) is 16.9 Å². The molecule has 1 aliphatic rings. The summed E-state index contributed by atoms with van der Waals surface area (Å²) in [6, 6.07) is 8.51. The molecule has 26 heavy (non-hydrogen) atoms. The maximum Gasteiger partial charge on any atom is 0.329 e. The minimum atomic E-state index is -1.05. The highest BCUT2D eigenvalue weighted by atomic mass is 16.5. The molecule has 0 aliphatic carbocycles. The summed E-state index contributed by atoms with van der Waals surface area (Å²) in [6.07, 6.45) is 0.0818. The predicted molar refractivity (Wildman–Crippen MR) is 92.4 cm³/mol. The SMILES string of the molecule is COc1cc(C(=O)N[C@@H]2COCC[C@@H]2OCC(=O)O)nc2ccccc12. The molecule has 1 aliphatic heterocycles. The first-order chi connectivity index (χ1) is 12.6.